The number of nitrogens with zero attached hydrogens (tertiary/aromatic N) is 1. The fraction of sp³-hybridized carbons (Fsp3) is 0.222. The summed E-state index contributed by atoms with van der Waals surface area (Å²) in [7, 11) is 0. The Morgan fingerprint density at radius 1 is 1.00 bits per heavy atom. The fourth-order valence-corrected chi connectivity index (χ4v) is 3.42. The molecule has 3 aromatic rings. The number of aryl methyl sites for hydroxylation is 1. The van der Waals surface area contributed by atoms with Crippen LogP contribution in [0.2, 0.25) is 5.02 Å². The predicted molar refractivity (Wildman–Crippen MR) is 135 cm³/mol. The molecular weight excluding hydrogens is 450 g/mol. The van der Waals surface area contributed by atoms with Crippen LogP contribution in [0.5, 0.6) is 5.75 Å². The molecule has 0 saturated carbocycles. The van der Waals surface area contributed by atoms with Crippen LogP contribution in [0.3, 0.4) is 0 Å². The summed E-state index contributed by atoms with van der Waals surface area (Å²) in [5.74, 6) is -0.358. The van der Waals surface area contributed by atoms with Crippen molar-refractivity contribution in [3.05, 3.63) is 100 Å². The Hall–Kier alpha value is -3.64. The van der Waals surface area contributed by atoms with E-state index >= 15 is 0 Å². The van der Waals surface area contributed by atoms with Crippen molar-refractivity contribution in [2.45, 2.75) is 33.4 Å². The summed E-state index contributed by atoms with van der Waals surface area (Å²) in [6, 6.07) is 21.5. The monoisotopic (exact) mass is 477 g/mol. The quantitative estimate of drug-likeness (QED) is 0.331. The van der Waals surface area contributed by atoms with Crippen molar-refractivity contribution < 1.29 is 14.3 Å². The van der Waals surface area contributed by atoms with Gasteiger partial charge >= 0.3 is 0 Å². The Morgan fingerprint density at radius 3 is 2.38 bits per heavy atom. The first-order valence-electron chi connectivity index (χ1n) is 11.0. The first kappa shape index (κ1) is 25.0. The van der Waals surface area contributed by atoms with Crippen molar-refractivity contribution in [3.8, 4) is 5.75 Å². The SMILES string of the molecule is Cc1ccc(COc2ccccc2C=NNC(=O)C(NC(=O)c2ccccc2Cl)C(C)C)cc1. The summed E-state index contributed by atoms with van der Waals surface area (Å²) in [6.07, 6.45) is 1.52. The van der Waals surface area contributed by atoms with Gasteiger partial charge in [0.1, 0.15) is 18.4 Å². The third-order valence-corrected chi connectivity index (χ3v) is 5.50. The van der Waals surface area contributed by atoms with Crippen LogP contribution in [0.4, 0.5) is 0 Å². The zero-order chi connectivity index (χ0) is 24.5. The van der Waals surface area contributed by atoms with Crippen molar-refractivity contribution in [1.29, 1.82) is 0 Å². The molecule has 6 nitrogen and oxygen atoms in total. The van der Waals surface area contributed by atoms with Crippen LogP contribution < -0.4 is 15.5 Å². The minimum Gasteiger partial charge on any atom is -0.488 e. The first-order valence-corrected chi connectivity index (χ1v) is 11.4. The second kappa shape index (κ2) is 12.0. The number of ether oxygens (including phenoxy) is 1. The second-order valence-electron chi connectivity index (χ2n) is 8.22. The molecule has 1 unspecified atom stereocenters. The lowest BCUT2D eigenvalue weighted by molar-refractivity contribution is -0.123. The molecule has 0 bridgehead atoms. The minimum absolute atomic E-state index is 0.160. The largest absolute Gasteiger partial charge is 0.488 e. The van der Waals surface area contributed by atoms with Gasteiger partial charge in [0, 0.05) is 5.56 Å². The summed E-state index contributed by atoms with van der Waals surface area (Å²) < 4.78 is 5.95. The number of carbonyl (C=O) groups excluding carboxylic acids is 2. The molecule has 0 aliphatic rings. The molecule has 3 aromatic carbocycles. The molecule has 0 radical (unpaired) electrons. The second-order valence-corrected chi connectivity index (χ2v) is 8.63. The molecule has 2 N–H and O–H groups in total. The zero-order valence-electron chi connectivity index (χ0n) is 19.4. The lowest BCUT2D eigenvalue weighted by Gasteiger charge is -2.20. The van der Waals surface area contributed by atoms with Crippen LogP contribution in [0.25, 0.3) is 0 Å². The highest BCUT2D eigenvalue weighted by molar-refractivity contribution is 6.33. The van der Waals surface area contributed by atoms with Gasteiger partial charge in [0.2, 0.25) is 0 Å². The molecule has 176 valence electrons. The van der Waals surface area contributed by atoms with E-state index in [1.807, 2.05) is 69.3 Å². The third-order valence-electron chi connectivity index (χ3n) is 5.17. The van der Waals surface area contributed by atoms with Crippen LogP contribution in [0, 0.1) is 12.8 Å². The molecule has 1 atom stereocenters. The number of carbonyl (C=O) groups is 2. The summed E-state index contributed by atoms with van der Waals surface area (Å²) in [5.41, 5.74) is 5.79. The third kappa shape index (κ3) is 6.93. The van der Waals surface area contributed by atoms with Crippen LogP contribution in [0.15, 0.2) is 77.9 Å². The number of amides is 2. The number of rotatable bonds is 9. The Labute approximate surface area is 205 Å². The van der Waals surface area contributed by atoms with E-state index in [0.29, 0.717) is 22.9 Å². The summed E-state index contributed by atoms with van der Waals surface area (Å²) in [5, 5.41) is 7.15. The highest BCUT2D eigenvalue weighted by Crippen LogP contribution is 2.18. The van der Waals surface area contributed by atoms with Crippen molar-refractivity contribution in [2.75, 3.05) is 0 Å². The van der Waals surface area contributed by atoms with Crippen molar-refractivity contribution in [1.82, 2.24) is 10.7 Å². The molecule has 0 saturated heterocycles. The van der Waals surface area contributed by atoms with Gasteiger partial charge < -0.3 is 10.1 Å². The van der Waals surface area contributed by atoms with E-state index < -0.39 is 17.9 Å². The average molecular weight is 478 g/mol. The molecule has 3 rings (SSSR count). The van der Waals surface area contributed by atoms with E-state index in [-0.39, 0.29) is 5.92 Å². The molecule has 0 fully saturated rings. The standard InChI is InChI=1S/C27H28ClN3O3/c1-18(2)25(30-26(32)22-9-5-6-10-23(22)28)27(33)31-29-16-21-8-4-7-11-24(21)34-17-20-14-12-19(3)13-15-20/h4-16,18,25H,17H2,1-3H3,(H,30,32)(H,31,33). The Bertz CT molecular complexity index is 1160. The number of hydrogen-bond donors (Lipinski definition) is 2. The summed E-state index contributed by atoms with van der Waals surface area (Å²) in [4.78, 5) is 25.3. The highest BCUT2D eigenvalue weighted by Gasteiger charge is 2.25. The number of halogens is 1. The number of hydrogen-bond acceptors (Lipinski definition) is 4. The first-order chi connectivity index (χ1) is 16.3. The lowest BCUT2D eigenvalue weighted by atomic mass is 10.0. The van der Waals surface area contributed by atoms with Gasteiger partial charge in [-0.2, -0.15) is 5.10 Å². The molecule has 7 heteroatoms. The molecule has 0 spiro atoms. The van der Waals surface area contributed by atoms with Crippen molar-refractivity contribution in [3.63, 3.8) is 0 Å². The molecule has 34 heavy (non-hydrogen) atoms. The lowest BCUT2D eigenvalue weighted by Crippen LogP contribution is -2.48. The molecular formula is C27H28ClN3O3. The van der Waals surface area contributed by atoms with Gasteiger partial charge in [-0.25, -0.2) is 5.43 Å². The van der Waals surface area contributed by atoms with Crippen LogP contribution in [-0.4, -0.2) is 24.1 Å². The molecule has 0 aromatic heterocycles. The van der Waals surface area contributed by atoms with E-state index in [2.05, 4.69) is 15.8 Å². The van der Waals surface area contributed by atoms with Gasteiger partial charge in [0.05, 0.1) is 16.8 Å². The number of nitrogens with one attached hydrogen (secondary N) is 2. The van der Waals surface area contributed by atoms with Gasteiger partial charge in [-0.05, 0) is 42.7 Å². The number of benzene rings is 3. The van der Waals surface area contributed by atoms with E-state index in [0.717, 1.165) is 11.1 Å². The van der Waals surface area contributed by atoms with E-state index in [1.54, 1.807) is 24.3 Å². The van der Waals surface area contributed by atoms with Crippen LogP contribution >= 0.6 is 11.6 Å². The maximum Gasteiger partial charge on any atom is 0.262 e. The topological polar surface area (TPSA) is 79.8 Å². The van der Waals surface area contributed by atoms with Crippen molar-refractivity contribution >= 4 is 29.6 Å². The van der Waals surface area contributed by atoms with E-state index in [1.165, 1.54) is 11.8 Å². The molecule has 2 amide bonds. The molecule has 0 heterocycles. The Morgan fingerprint density at radius 2 is 1.68 bits per heavy atom. The maximum absolute atomic E-state index is 12.7. The molecule has 0 aliphatic heterocycles. The highest BCUT2D eigenvalue weighted by atomic mass is 35.5. The Balaban J connectivity index is 1.63. The predicted octanol–water partition coefficient (Wildman–Crippen LogP) is 5.13. The van der Waals surface area contributed by atoms with Crippen LogP contribution in [-0.2, 0) is 11.4 Å². The number of hydrazone groups is 1. The van der Waals surface area contributed by atoms with Gasteiger partial charge in [0.15, 0.2) is 0 Å². The fourth-order valence-electron chi connectivity index (χ4n) is 3.20. The smallest absolute Gasteiger partial charge is 0.262 e. The number of para-hydroxylation sites is 1. The zero-order valence-corrected chi connectivity index (χ0v) is 20.2. The normalized spacial score (nSPS) is 11.9. The maximum atomic E-state index is 12.7. The van der Waals surface area contributed by atoms with Gasteiger partial charge in [-0.1, -0.05) is 79.5 Å². The van der Waals surface area contributed by atoms with Gasteiger partial charge in [-0.15, -0.1) is 0 Å². The van der Waals surface area contributed by atoms with Crippen molar-refractivity contribution in [2.24, 2.45) is 11.0 Å². The van der Waals surface area contributed by atoms with E-state index in [9.17, 15) is 9.59 Å². The Kier molecular flexibility index (Phi) is 8.82. The van der Waals surface area contributed by atoms with Gasteiger partial charge in [-0.3, -0.25) is 9.59 Å². The summed E-state index contributed by atoms with van der Waals surface area (Å²) >= 11 is 6.10. The average Bonchev–Trinajstić information content (AvgIpc) is 2.82. The van der Waals surface area contributed by atoms with Gasteiger partial charge in [0.25, 0.3) is 11.8 Å². The molecule has 0 aliphatic carbocycles. The summed E-state index contributed by atoms with van der Waals surface area (Å²) in [6.45, 7) is 6.14. The van der Waals surface area contributed by atoms with Crippen LogP contribution in [0.1, 0.15) is 40.9 Å². The minimum atomic E-state index is -0.783. The van der Waals surface area contributed by atoms with E-state index in [4.69, 9.17) is 16.3 Å².